The fourth-order valence-electron chi connectivity index (χ4n) is 4.06. The second-order valence-electron chi connectivity index (χ2n) is 7.41. The number of imide groups is 1. The van der Waals surface area contributed by atoms with Crippen molar-refractivity contribution in [3.8, 4) is 0 Å². The number of aryl methyl sites for hydroxylation is 2. The lowest BCUT2D eigenvalue weighted by Crippen LogP contribution is -2.47. The lowest BCUT2D eigenvalue weighted by molar-refractivity contribution is -0.120. The Labute approximate surface area is 169 Å². The van der Waals surface area contributed by atoms with E-state index in [9.17, 15) is 9.59 Å². The minimum absolute atomic E-state index is 0.205. The van der Waals surface area contributed by atoms with Gasteiger partial charge in [-0.05, 0) is 55.1 Å². The standard InChI is InChI=1S/C22H25N3O2S/c1-4-23-7-9-24(10-8-23)20-19(18-6-5-11-28-18)21(26)25(22(20)27)17-13-15(2)12-16(3)14-17/h5-6,11-14H,4,7-10H2,1-3H3. The molecule has 146 valence electrons. The summed E-state index contributed by atoms with van der Waals surface area (Å²) in [4.78, 5) is 33.6. The van der Waals surface area contributed by atoms with Crippen molar-refractivity contribution < 1.29 is 9.59 Å². The van der Waals surface area contributed by atoms with Gasteiger partial charge in [-0.25, -0.2) is 4.90 Å². The molecule has 0 unspecified atom stereocenters. The molecule has 0 aliphatic carbocycles. The van der Waals surface area contributed by atoms with E-state index in [4.69, 9.17) is 0 Å². The van der Waals surface area contributed by atoms with Crippen molar-refractivity contribution in [1.82, 2.24) is 9.80 Å². The Balaban J connectivity index is 1.76. The summed E-state index contributed by atoms with van der Waals surface area (Å²) in [5, 5.41) is 1.95. The van der Waals surface area contributed by atoms with Crippen molar-refractivity contribution in [3.05, 3.63) is 57.4 Å². The third-order valence-electron chi connectivity index (χ3n) is 5.43. The van der Waals surface area contributed by atoms with E-state index >= 15 is 0 Å². The SMILES string of the molecule is CCN1CCN(C2=C(c3cccs3)C(=O)N(c3cc(C)cc(C)c3)C2=O)CC1. The first-order chi connectivity index (χ1) is 13.5. The van der Waals surface area contributed by atoms with Crippen molar-refractivity contribution in [2.75, 3.05) is 37.6 Å². The zero-order chi connectivity index (χ0) is 19.8. The molecule has 2 amide bonds. The van der Waals surface area contributed by atoms with Gasteiger partial charge >= 0.3 is 0 Å². The molecule has 1 aromatic heterocycles. The maximum atomic E-state index is 13.5. The number of nitrogens with zero attached hydrogens (tertiary/aromatic N) is 3. The summed E-state index contributed by atoms with van der Waals surface area (Å²) in [6.45, 7) is 10.5. The number of hydrogen-bond acceptors (Lipinski definition) is 5. The van der Waals surface area contributed by atoms with Gasteiger partial charge in [-0.15, -0.1) is 11.3 Å². The van der Waals surface area contributed by atoms with Gasteiger partial charge in [-0.1, -0.05) is 19.1 Å². The molecule has 0 spiro atoms. The van der Waals surface area contributed by atoms with E-state index in [0.717, 1.165) is 48.7 Å². The number of likely N-dealkylation sites (N-methyl/N-ethyl adjacent to an activating group) is 1. The molecule has 1 aromatic carbocycles. The van der Waals surface area contributed by atoms with Crippen LogP contribution >= 0.6 is 11.3 Å². The lowest BCUT2D eigenvalue weighted by atomic mass is 10.1. The molecule has 28 heavy (non-hydrogen) atoms. The molecule has 2 aliphatic rings. The van der Waals surface area contributed by atoms with E-state index < -0.39 is 0 Å². The first-order valence-electron chi connectivity index (χ1n) is 9.72. The average Bonchev–Trinajstić information content (AvgIpc) is 3.27. The van der Waals surface area contributed by atoms with Gasteiger partial charge in [-0.3, -0.25) is 9.59 Å². The highest BCUT2D eigenvalue weighted by Crippen LogP contribution is 2.37. The number of amides is 2. The second-order valence-corrected chi connectivity index (χ2v) is 8.36. The number of carbonyl (C=O) groups is 2. The molecule has 1 saturated heterocycles. The zero-order valence-electron chi connectivity index (χ0n) is 16.6. The van der Waals surface area contributed by atoms with Gasteiger partial charge in [0.05, 0.1) is 11.3 Å². The molecule has 0 saturated carbocycles. The van der Waals surface area contributed by atoms with Crippen LogP contribution in [0, 0.1) is 13.8 Å². The highest BCUT2D eigenvalue weighted by molar-refractivity contribution is 7.11. The predicted octanol–water partition coefficient (Wildman–Crippen LogP) is 3.29. The molecular weight excluding hydrogens is 370 g/mol. The third-order valence-corrected chi connectivity index (χ3v) is 6.31. The van der Waals surface area contributed by atoms with Gasteiger partial charge in [0.25, 0.3) is 11.8 Å². The largest absolute Gasteiger partial charge is 0.364 e. The quantitative estimate of drug-likeness (QED) is 0.745. The highest BCUT2D eigenvalue weighted by atomic mass is 32.1. The van der Waals surface area contributed by atoms with Crippen molar-refractivity contribution in [1.29, 1.82) is 0 Å². The van der Waals surface area contributed by atoms with Crippen molar-refractivity contribution in [2.45, 2.75) is 20.8 Å². The maximum Gasteiger partial charge on any atom is 0.282 e. The molecule has 4 rings (SSSR count). The second kappa shape index (κ2) is 7.53. The Morgan fingerprint density at radius 3 is 2.21 bits per heavy atom. The molecule has 2 aromatic rings. The van der Waals surface area contributed by atoms with Crippen LogP contribution in [0.25, 0.3) is 5.57 Å². The summed E-state index contributed by atoms with van der Waals surface area (Å²) in [5.74, 6) is -0.422. The molecule has 0 bridgehead atoms. The molecule has 1 fully saturated rings. The van der Waals surface area contributed by atoms with Crippen molar-refractivity contribution >= 4 is 34.4 Å². The van der Waals surface area contributed by atoms with E-state index in [1.165, 1.54) is 16.2 Å². The van der Waals surface area contributed by atoms with E-state index in [0.29, 0.717) is 17.0 Å². The van der Waals surface area contributed by atoms with E-state index in [2.05, 4.69) is 16.7 Å². The molecule has 0 atom stereocenters. The van der Waals surface area contributed by atoms with E-state index in [1.54, 1.807) is 0 Å². The monoisotopic (exact) mass is 395 g/mol. The molecule has 6 heteroatoms. The summed E-state index contributed by atoms with van der Waals surface area (Å²) < 4.78 is 0. The van der Waals surface area contributed by atoms with Gasteiger partial charge in [0.15, 0.2) is 0 Å². The minimum Gasteiger partial charge on any atom is -0.364 e. The molecule has 3 heterocycles. The van der Waals surface area contributed by atoms with Crippen LogP contribution in [-0.2, 0) is 9.59 Å². The number of rotatable bonds is 4. The van der Waals surface area contributed by atoms with Gasteiger partial charge < -0.3 is 9.80 Å². The smallest absolute Gasteiger partial charge is 0.282 e. The Morgan fingerprint density at radius 1 is 0.964 bits per heavy atom. The lowest BCUT2D eigenvalue weighted by Gasteiger charge is -2.35. The van der Waals surface area contributed by atoms with Crippen LogP contribution in [0.5, 0.6) is 0 Å². The number of piperazine rings is 1. The van der Waals surface area contributed by atoms with Gasteiger partial charge in [0.2, 0.25) is 0 Å². The fraction of sp³-hybridized carbons (Fsp3) is 0.364. The maximum absolute atomic E-state index is 13.5. The average molecular weight is 396 g/mol. The molecular formula is C22H25N3O2S. The number of benzene rings is 1. The Bertz CT molecular complexity index is 920. The number of anilines is 1. The Kier molecular flexibility index (Phi) is 5.08. The van der Waals surface area contributed by atoms with Crippen LogP contribution in [0.3, 0.4) is 0 Å². The number of carbonyl (C=O) groups excluding carboxylic acids is 2. The Hall–Kier alpha value is -2.44. The first-order valence-corrected chi connectivity index (χ1v) is 10.6. The van der Waals surface area contributed by atoms with Crippen LogP contribution in [0.4, 0.5) is 5.69 Å². The van der Waals surface area contributed by atoms with Crippen molar-refractivity contribution in [3.63, 3.8) is 0 Å². The number of thiophene rings is 1. The zero-order valence-corrected chi connectivity index (χ0v) is 17.4. The first kappa shape index (κ1) is 18.9. The fourth-order valence-corrected chi connectivity index (χ4v) is 4.82. The van der Waals surface area contributed by atoms with Crippen LogP contribution in [0.2, 0.25) is 0 Å². The predicted molar refractivity (Wildman–Crippen MR) is 113 cm³/mol. The summed E-state index contributed by atoms with van der Waals surface area (Å²) >= 11 is 1.51. The normalized spacial score (nSPS) is 18.5. The van der Waals surface area contributed by atoms with E-state index in [-0.39, 0.29) is 11.8 Å². The molecule has 2 aliphatic heterocycles. The molecule has 0 radical (unpaired) electrons. The molecule has 0 N–H and O–H groups in total. The summed E-state index contributed by atoms with van der Waals surface area (Å²) in [5.41, 5.74) is 3.84. The van der Waals surface area contributed by atoms with Crippen LogP contribution < -0.4 is 4.90 Å². The van der Waals surface area contributed by atoms with Crippen LogP contribution in [-0.4, -0.2) is 54.3 Å². The topological polar surface area (TPSA) is 43.9 Å². The van der Waals surface area contributed by atoms with Crippen LogP contribution in [0.15, 0.2) is 41.4 Å². The van der Waals surface area contributed by atoms with Crippen molar-refractivity contribution in [2.24, 2.45) is 0 Å². The van der Waals surface area contributed by atoms with Crippen LogP contribution in [0.1, 0.15) is 22.9 Å². The highest BCUT2D eigenvalue weighted by Gasteiger charge is 2.43. The summed E-state index contributed by atoms with van der Waals surface area (Å²) in [6.07, 6.45) is 0. The number of hydrogen-bond donors (Lipinski definition) is 0. The minimum atomic E-state index is -0.217. The van der Waals surface area contributed by atoms with E-state index in [1.807, 2.05) is 49.6 Å². The van der Waals surface area contributed by atoms with Gasteiger partial charge in [0.1, 0.15) is 5.70 Å². The third kappa shape index (κ3) is 3.27. The van der Waals surface area contributed by atoms with Gasteiger partial charge in [-0.2, -0.15) is 0 Å². The Morgan fingerprint density at radius 2 is 1.64 bits per heavy atom. The van der Waals surface area contributed by atoms with Gasteiger partial charge in [0, 0.05) is 31.1 Å². The molecule has 5 nitrogen and oxygen atoms in total. The summed E-state index contributed by atoms with van der Waals surface area (Å²) in [7, 11) is 0. The summed E-state index contributed by atoms with van der Waals surface area (Å²) in [6, 6.07) is 9.72.